The predicted octanol–water partition coefficient (Wildman–Crippen LogP) is 10.8. The molecule has 10 rings (SSSR count). The fraction of sp³-hybridized carbons (Fsp3) is 0. The van der Waals surface area contributed by atoms with Gasteiger partial charge in [-0.05, 0) is 62.0 Å². The number of aromatic nitrogens is 4. The zero-order chi connectivity index (χ0) is 30.9. The lowest BCUT2D eigenvalue weighted by atomic mass is 9.92. The SMILES string of the molecule is c1ccc(-c2nc(-c3ccc4ccc5c6cnccc6oc5c4c3)nc(-c3cc4ccccc4c4c3ccc3ccccc34)n2)cc1. The van der Waals surface area contributed by atoms with Gasteiger partial charge in [0.25, 0.3) is 0 Å². The van der Waals surface area contributed by atoms with Gasteiger partial charge in [0.15, 0.2) is 17.5 Å². The zero-order valence-corrected chi connectivity index (χ0v) is 25.1. The maximum Gasteiger partial charge on any atom is 0.164 e. The van der Waals surface area contributed by atoms with Crippen molar-refractivity contribution in [2.45, 2.75) is 0 Å². The summed E-state index contributed by atoms with van der Waals surface area (Å²) >= 11 is 0. The third kappa shape index (κ3) is 4.03. The molecule has 0 fully saturated rings. The third-order valence-corrected chi connectivity index (χ3v) is 9.17. The van der Waals surface area contributed by atoms with Crippen molar-refractivity contribution in [2.75, 3.05) is 0 Å². The molecule has 0 aliphatic carbocycles. The Labute approximate surface area is 268 Å². The average Bonchev–Trinajstić information content (AvgIpc) is 3.53. The highest BCUT2D eigenvalue weighted by molar-refractivity contribution is 6.23. The molecule has 5 nitrogen and oxygen atoms in total. The Morgan fingerprint density at radius 1 is 0.426 bits per heavy atom. The van der Waals surface area contributed by atoms with Crippen molar-refractivity contribution in [2.24, 2.45) is 0 Å². The summed E-state index contributed by atoms with van der Waals surface area (Å²) in [6.07, 6.45) is 3.62. The highest BCUT2D eigenvalue weighted by Crippen LogP contribution is 2.39. The monoisotopic (exact) mass is 600 g/mol. The van der Waals surface area contributed by atoms with Crippen LogP contribution in [0.15, 0.2) is 150 Å². The number of pyridine rings is 1. The Bertz CT molecular complexity index is 2840. The quantitative estimate of drug-likeness (QED) is 0.189. The number of benzene rings is 7. The molecule has 47 heavy (non-hydrogen) atoms. The van der Waals surface area contributed by atoms with E-state index in [2.05, 4.69) is 102 Å². The lowest BCUT2D eigenvalue weighted by Gasteiger charge is -2.14. The first-order valence-corrected chi connectivity index (χ1v) is 15.6. The maximum absolute atomic E-state index is 6.37. The zero-order valence-electron chi connectivity index (χ0n) is 25.1. The lowest BCUT2D eigenvalue weighted by Crippen LogP contribution is -2.01. The summed E-state index contributed by atoms with van der Waals surface area (Å²) in [5, 5.41) is 11.2. The smallest absolute Gasteiger partial charge is 0.164 e. The third-order valence-electron chi connectivity index (χ3n) is 9.17. The lowest BCUT2D eigenvalue weighted by molar-refractivity contribution is 0.672. The molecule has 0 atom stereocenters. The van der Waals surface area contributed by atoms with Crippen LogP contribution in [0.25, 0.3) is 99.2 Å². The fourth-order valence-corrected chi connectivity index (χ4v) is 6.93. The molecule has 0 bridgehead atoms. The molecule has 3 aromatic heterocycles. The normalized spacial score (nSPS) is 11.8. The Morgan fingerprint density at radius 3 is 1.94 bits per heavy atom. The second-order valence-corrected chi connectivity index (χ2v) is 11.9. The molecule has 5 heteroatoms. The van der Waals surface area contributed by atoms with E-state index in [0.29, 0.717) is 17.5 Å². The minimum atomic E-state index is 0.604. The van der Waals surface area contributed by atoms with Crippen LogP contribution in [0.2, 0.25) is 0 Å². The highest BCUT2D eigenvalue weighted by Gasteiger charge is 2.18. The average molecular weight is 601 g/mol. The summed E-state index contributed by atoms with van der Waals surface area (Å²) in [6.45, 7) is 0. The van der Waals surface area contributed by atoms with E-state index in [9.17, 15) is 0 Å². The van der Waals surface area contributed by atoms with Gasteiger partial charge in [0.1, 0.15) is 11.2 Å². The fourth-order valence-electron chi connectivity index (χ4n) is 6.93. The molecule has 0 N–H and O–H groups in total. The van der Waals surface area contributed by atoms with Crippen molar-refractivity contribution < 1.29 is 4.42 Å². The molecule has 0 amide bonds. The van der Waals surface area contributed by atoms with Crippen molar-refractivity contribution in [1.82, 2.24) is 19.9 Å². The van der Waals surface area contributed by atoms with Crippen LogP contribution in [0, 0.1) is 0 Å². The minimum Gasteiger partial charge on any atom is -0.455 e. The van der Waals surface area contributed by atoms with E-state index in [0.717, 1.165) is 60.2 Å². The Balaban J connectivity index is 1.26. The van der Waals surface area contributed by atoms with Gasteiger partial charge >= 0.3 is 0 Å². The molecule has 0 unspecified atom stereocenters. The van der Waals surface area contributed by atoms with Gasteiger partial charge in [-0.3, -0.25) is 4.98 Å². The number of nitrogens with zero attached hydrogens (tertiary/aromatic N) is 4. The molecular formula is C42H24N4O. The molecular weight excluding hydrogens is 576 g/mol. The largest absolute Gasteiger partial charge is 0.455 e. The van der Waals surface area contributed by atoms with E-state index < -0.39 is 0 Å². The van der Waals surface area contributed by atoms with Gasteiger partial charge in [-0.2, -0.15) is 0 Å². The van der Waals surface area contributed by atoms with Gasteiger partial charge < -0.3 is 4.42 Å². The molecule has 0 spiro atoms. The first kappa shape index (κ1) is 25.8. The van der Waals surface area contributed by atoms with Crippen LogP contribution in [-0.4, -0.2) is 19.9 Å². The van der Waals surface area contributed by atoms with Crippen molar-refractivity contribution in [3.05, 3.63) is 146 Å². The summed E-state index contributed by atoms with van der Waals surface area (Å²) in [6, 6.07) is 46.3. The summed E-state index contributed by atoms with van der Waals surface area (Å²) in [7, 11) is 0. The second-order valence-electron chi connectivity index (χ2n) is 11.9. The van der Waals surface area contributed by atoms with E-state index >= 15 is 0 Å². The van der Waals surface area contributed by atoms with Crippen LogP contribution >= 0.6 is 0 Å². The van der Waals surface area contributed by atoms with Gasteiger partial charge in [-0.15, -0.1) is 0 Å². The van der Waals surface area contributed by atoms with Gasteiger partial charge in [0, 0.05) is 45.2 Å². The van der Waals surface area contributed by atoms with Gasteiger partial charge in [0.05, 0.1) is 0 Å². The summed E-state index contributed by atoms with van der Waals surface area (Å²) in [4.78, 5) is 19.7. The molecule has 0 saturated heterocycles. The predicted molar refractivity (Wildman–Crippen MR) is 191 cm³/mol. The Hall–Kier alpha value is -6.46. The number of rotatable bonds is 3. The summed E-state index contributed by atoms with van der Waals surface area (Å²) in [5.41, 5.74) is 4.44. The standard InChI is InChI=1S/C42H24N4O/c1-2-9-27(10-3-1)40-44-41(29-15-14-26-17-19-33-36-24-43-21-20-37(36)47-39(33)34(26)23-29)46-42(45-40)35-22-28-11-5-7-13-31(28)38-30-12-6-4-8-25(30)16-18-32(35)38/h1-24H. The second kappa shape index (κ2) is 10.0. The van der Waals surface area contributed by atoms with Crippen LogP contribution < -0.4 is 0 Å². The summed E-state index contributed by atoms with van der Waals surface area (Å²) < 4.78 is 6.37. The van der Waals surface area contributed by atoms with E-state index in [4.69, 9.17) is 19.4 Å². The molecule has 0 aliphatic heterocycles. The van der Waals surface area contributed by atoms with Gasteiger partial charge in [-0.25, -0.2) is 15.0 Å². The maximum atomic E-state index is 6.37. The van der Waals surface area contributed by atoms with Crippen LogP contribution in [0.4, 0.5) is 0 Å². The minimum absolute atomic E-state index is 0.604. The van der Waals surface area contributed by atoms with Crippen molar-refractivity contribution in [1.29, 1.82) is 0 Å². The molecule has 0 aliphatic rings. The van der Waals surface area contributed by atoms with Gasteiger partial charge in [-0.1, -0.05) is 109 Å². The van der Waals surface area contributed by atoms with Crippen LogP contribution in [0.3, 0.4) is 0 Å². The van der Waals surface area contributed by atoms with E-state index in [1.54, 1.807) is 6.20 Å². The first-order chi connectivity index (χ1) is 23.3. The van der Waals surface area contributed by atoms with E-state index in [1.165, 1.54) is 21.5 Å². The molecule has 3 heterocycles. The number of fused-ring (bicyclic) bond motifs is 10. The van der Waals surface area contributed by atoms with Crippen LogP contribution in [-0.2, 0) is 0 Å². The van der Waals surface area contributed by atoms with Crippen LogP contribution in [0.1, 0.15) is 0 Å². The Kier molecular flexibility index (Phi) is 5.51. The summed E-state index contributed by atoms with van der Waals surface area (Å²) in [5.74, 6) is 1.86. The number of hydrogen-bond donors (Lipinski definition) is 0. The van der Waals surface area contributed by atoms with E-state index in [1.807, 2.05) is 42.6 Å². The molecule has 0 radical (unpaired) electrons. The molecule has 218 valence electrons. The van der Waals surface area contributed by atoms with Crippen molar-refractivity contribution in [3.8, 4) is 34.2 Å². The molecule has 10 aromatic rings. The first-order valence-electron chi connectivity index (χ1n) is 15.6. The Morgan fingerprint density at radius 2 is 1.09 bits per heavy atom. The molecule has 7 aromatic carbocycles. The van der Waals surface area contributed by atoms with Crippen LogP contribution in [0.5, 0.6) is 0 Å². The van der Waals surface area contributed by atoms with Gasteiger partial charge in [0.2, 0.25) is 0 Å². The topological polar surface area (TPSA) is 64.7 Å². The van der Waals surface area contributed by atoms with E-state index in [-0.39, 0.29) is 0 Å². The number of furan rings is 1. The van der Waals surface area contributed by atoms with Crippen molar-refractivity contribution >= 4 is 65.0 Å². The number of hydrogen-bond acceptors (Lipinski definition) is 5. The molecule has 0 saturated carbocycles. The highest BCUT2D eigenvalue weighted by atomic mass is 16.3. The van der Waals surface area contributed by atoms with Crippen molar-refractivity contribution in [3.63, 3.8) is 0 Å².